The number of likely N-dealkylation sites (tertiary alicyclic amines) is 1. The van der Waals surface area contributed by atoms with E-state index < -0.39 is 11.6 Å². The average molecular weight is 398 g/mol. The number of rotatable bonds is 4. The molecule has 1 aliphatic carbocycles. The summed E-state index contributed by atoms with van der Waals surface area (Å²) in [7, 11) is 2.16. The summed E-state index contributed by atoms with van der Waals surface area (Å²) in [5, 5.41) is 11.4. The van der Waals surface area contributed by atoms with Crippen LogP contribution >= 0.6 is 0 Å². The number of hydrogen-bond acceptors (Lipinski definition) is 3. The second-order valence-corrected chi connectivity index (χ2v) is 7.18. The molecule has 0 amide bonds. The molecule has 134 valence electrons. The van der Waals surface area contributed by atoms with Gasteiger partial charge in [-0.15, -0.1) is 0 Å². The van der Waals surface area contributed by atoms with E-state index in [1.54, 1.807) is 0 Å². The molecule has 1 saturated heterocycles. The molecule has 1 aromatic rings. The van der Waals surface area contributed by atoms with Crippen molar-refractivity contribution in [3.05, 3.63) is 35.9 Å². The van der Waals surface area contributed by atoms with Gasteiger partial charge in [0.15, 0.2) is 5.60 Å². The van der Waals surface area contributed by atoms with Crippen LogP contribution in [-0.4, -0.2) is 37.3 Å². The molecule has 3 rings (SSSR count). The first-order chi connectivity index (χ1) is 11.1. The second-order valence-electron chi connectivity index (χ2n) is 7.18. The molecule has 24 heavy (non-hydrogen) atoms. The Balaban J connectivity index is 0.00000208. The van der Waals surface area contributed by atoms with Gasteiger partial charge in [-0.2, -0.15) is 0 Å². The molecule has 1 heterocycles. The van der Waals surface area contributed by atoms with Crippen LogP contribution in [0.1, 0.15) is 44.1 Å². The number of aliphatic hydroxyl groups is 1. The maximum Gasteiger partial charge on any atom is 0.343 e. The van der Waals surface area contributed by atoms with Crippen LogP contribution in [0.15, 0.2) is 30.3 Å². The molecule has 1 aromatic carbocycles. The number of ether oxygens (including phenoxy) is 1. The number of nitrogens with one attached hydrogen (secondary N) is 1. The first-order valence-corrected chi connectivity index (χ1v) is 8.91. The summed E-state index contributed by atoms with van der Waals surface area (Å²) in [4.78, 5) is 14.4. The van der Waals surface area contributed by atoms with E-state index in [-0.39, 0.29) is 29.0 Å². The lowest BCUT2D eigenvalue weighted by atomic mass is 9.80. The Kier molecular flexibility index (Phi) is 6.84. The molecule has 0 radical (unpaired) electrons. The standard InChI is InChI=1S/C19H27NO3.BrH/c1-20-13-11-17(12-14-20)23-18(21)19(22,16-9-5-6-10-16)15-7-3-2-4-8-15;/h2-4,7-8,16-17,22H,5-6,9-14H2,1H3;1H. The number of carbonyl (C=O) groups excluding carboxylic acids is 1. The van der Waals surface area contributed by atoms with Crippen LogP contribution in [0.25, 0.3) is 0 Å². The maximum absolute atomic E-state index is 12.9. The quantitative estimate of drug-likeness (QED) is 0.594. The van der Waals surface area contributed by atoms with Crippen molar-refractivity contribution < 1.29 is 36.5 Å². The Morgan fingerprint density at radius 3 is 2.29 bits per heavy atom. The predicted molar refractivity (Wildman–Crippen MR) is 88.0 cm³/mol. The molecule has 4 nitrogen and oxygen atoms in total. The highest BCUT2D eigenvalue weighted by molar-refractivity contribution is 5.81. The van der Waals surface area contributed by atoms with Crippen LogP contribution < -0.4 is 21.9 Å². The highest BCUT2D eigenvalue weighted by Gasteiger charge is 2.48. The lowest BCUT2D eigenvalue weighted by Gasteiger charge is -2.35. The zero-order chi connectivity index (χ0) is 16.3. The van der Waals surface area contributed by atoms with E-state index in [4.69, 9.17) is 4.74 Å². The van der Waals surface area contributed by atoms with Gasteiger partial charge in [0.25, 0.3) is 0 Å². The molecule has 1 unspecified atom stereocenters. The van der Waals surface area contributed by atoms with Crippen molar-refractivity contribution in [2.24, 2.45) is 5.92 Å². The third kappa shape index (κ3) is 4.01. The van der Waals surface area contributed by atoms with Crippen molar-refractivity contribution >= 4 is 5.97 Å². The fourth-order valence-corrected chi connectivity index (χ4v) is 4.00. The molecule has 2 N–H and O–H groups in total. The van der Waals surface area contributed by atoms with E-state index in [2.05, 4.69) is 7.05 Å². The van der Waals surface area contributed by atoms with E-state index in [0.717, 1.165) is 51.6 Å². The first kappa shape index (κ1) is 19.4. The summed E-state index contributed by atoms with van der Waals surface area (Å²) in [6.45, 7) is 2.04. The summed E-state index contributed by atoms with van der Waals surface area (Å²) >= 11 is 0. The number of esters is 1. The second kappa shape index (κ2) is 8.45. The smallest absolute Gasteiger partial charge is 0.343 e. The van der Waals surface area contributed by atoms with Crippen molar-refractivity contribution in [2.45, 2.75) is 50.2 Å². The van der Waals surface area contributed by atoms with E-state index in [9.17, 15) is 9.90 Å². The predicted octanol–water partition coefficient (Wildman–Crippen LogP) is -1.71. The summed E-state index contributed by atoms with van der Waals surface area (Å²) in [5.74, 6) is -0.477. The van der Waals surface area contributed by atoms with Crippen molar-refractivity contribution in [3.63, 3.8) is 0 Å². The van der Waals surface area contributed by atoms with Gasteiger partial charge in [-0.05, 0) is 18.4 Å². The Morgan fingerprint density at radius 2 is 1.71 bits per heavy atom. The number of piperidine rings is 1. The molecule has 2 fully saturated rings. The molecular weight excluding hydrogens is 370 g/mol. The molecule has 2 aliphatic rings. The Bertz CT molecular complexity index is 525. The normalized spacial score (nSPS) is 27.1. The van der Waals surface area contributed by atoms with Crippen LogP contribution in [0.3, 0.4) is 0 Å². The number of quaternary nitrogens is 1. The van der Waals surface area contributed by atoms with Gasteiger partial charge in [0.1, 0.15) is 6.10 Å². The van der Waals surface area contributed by atoms with Crippen molar-refractivity contribution in [1.29, 1.82) is 0 Å². The summed E-state index contributed by atoms with van der Waals surface area (Å²) < 4.78 is 5.77. The highest BCUT2D eigenvalue weighted by Crippen LogP contribution is 2.41. The van der Waals surface area contributed by atoms with E-state index in [0.29, 0.717) is 5.56 Å². The number of halogens is 1. The fourth-order valence-electron chi connectivity index (χ4n) is 4.00. The van der Waals surface area contributed by atoms with Gasteiger partial charge in [-0.3, -0.25) is 0 Å². The molecule has 0 bridgehead atoms. The van der Waals surface area contributed by atoms with Crippen LogP contribution in [0.4, 0.5) is 0 Å². The topological polar surface area (TPSA) is 51.0 Å². The third-order valence-electron chi connectivity index (χ3n) is 5.53. The van der Waals surface area contributed by atoms with Gasteiger partial charge in [-0.1, -0.05) is 43.2 Å². The molecule has 5 heteroatoms. The van der Waals surface area contributed by atoms with Crippen LogP contribution in [0.5, 0.6) is 0 Å². The summed E-state index contributed by atoms with van der Waals surface area (Å²) in [6.07, 6.45) is 5.63. The zero-order valence-electron chi connectivity index (χ0n) is 14.3. The first-order valence-electron chi connectivity index (χ1n) is 8.91. The van der Waals surface area contributed by atoms with E-state index >= 15 is 0 Å². The minimum Gasteiger partial charge on any atom is -1.00 e. The zero-order valence-corrected chi connectivity index (χ0v) is 15.9. The largest absolute Gasteiger partial charge is 1.00 e. The van der Waals surface area contributed by atoms with Gasteiger partial charge in [0, 0.05) is 18.8 Å². The Morgan fingerprint density at radius 1 is 1.12 bits per heavy atom. The minimum absolute atomic E-state index is 0. The molecule has 1 atom stereocenters. The fraction of sp³-hybridized carbons (Fsp3) is 0.632. The number of hydrogen-bond donors (Lipinski definition) is 2. The lowest BCUT2D eigenvalue weighted by molar-refractivity contribution is -0.885. The van der Waals surface area contributed by atoms with Gasteiger partial charge in [0.2, 0.25) is 0 Å². The summed E-state index contributed by atoms with van der Waals surface area (Å²) in [6, 6.07) is 9.35. The van der Waals surface area contributed by atoms with Crippen molar-refractivity contribution in [2.75, 3.05) is 20.1 Å². The van der Waals surface area contributed by atoms with Crippen LogP contribution in [0.2, 0.25) is 0 Å². The van der Waals surface area contributed by atoms with E-state index in [1.165, 1.54) is 4.90 Å². The van der Waals surface area contributed by atoms with Gasteiger partial charge in [-0.25, -0.2) is 4.79 Å². The number of carbonyl (C=O) groups is 1. The third-order valence-corrected chi connectivity index (χ3v) is 5.53. The molecule has 0 spiro atoms. The highest BCUT2D eigenvalue weighted by atomic mass is 79.9. The molecule has 1 saturated carbocycles. The Hall–Kier alpha value is -0.910. The molecule has 1 aliphatic heterocycles. The van der Waals surface area contributed by atoms with Gasteiger partial charge >= 0.3 is 5.97 Å². The lowest BCUT2D eigenvalue weighted by Crippen LogP contribution is -3.10. The molecule has 0 aromatic heterocycles. The SMILES string of the molecule is C[NH+]1CCC(OC(=O)C(O)(c2ccccc2)C2CCCC2)CC1.[Br-]. The molecular formula is C19H28BrNO3. The van der Waals surface area contributed by atoms with Crippen molar-refractivity contribution in [3.8, 4) is 0 Å². The van der Waals surface area contributed by atoms with Gasteiger partial charge in [0.05, 0.1) is 20.1 Å². The van der Waals surface area contributed by atoms with Crippen LogP contribution in [-0.2, 0) is 15.1 Å². The maximum atomic E-state index is 12.9. The average Bonchev–Trinajstić information content (AvgIpc) is 3.12. The van der Waals surface area contributed by atoms with Crippen LogP contribution in [0, 0.1) is 5.92 Å². The minimum atomic E-state index is -1.49. The summed E-state index contributed by atoms with van der Waals surface area (Å²) in [5.41, 5.74) is -0.816. The Labute approximate surface area is 155 Å². The van der Waals surface area contributed by atoms with Crippen molar-refractivity contribution in [1.82, 2.24) is 0 Å². The van der Waals surface area contributed by atoms with Gasteiger partial charge < -0.3 is 31.7 Å². The number of benzene rings is 1. The monoisotopic (exact) mass is 397 g/mol. The van der Waals surface area contributed by atoms with E-state index in [1.807, 2.05) is 30.3 Å².